The molecule has 382 valence electrons. The van der Waals surface area contributed by atoms with Gasteiger partial charge in [0.2, 0.25) is 0 Å². The van der Waals surface area contributed by atoms with Gasteiger partial charge in [-0.3, -0.25) is 0 Å². The van der Waals surface area contributed by atoms with Gasteiger partial charge in [0.15, 0.2) is 8.07 Å². The molecular formula is C74H64BN3Si. The van der Waals surface area contributed by atoms with Gasteiger partial charge < -0.3 is 14.7 Å². The SMILES string of the molecule is CC(C)(C)c1ccc(N2c3ccc(C(C)(C)C)cc3B3c4cc([Si](c5ccccc5)(c5ccccc5)c5ccccc5)ccc4N(c4ccccc4-c4ccccc4)c4cc(N(c5ccccc5)c5ccccc5)cc2c43)cc1. The van der Waals surface area contributed by atoms with Crippen molar-refractivity contribution in [3.05, 3.63) is 290 Å². The summed E-state index contributed by atoms with van der Waals surface area (Å²) in [5.41, 5.74) is 18.9. The van der Waals surface area contributed by atoms with Crippen LogP contribution in [0.3, 0.4) is 0 Å². The predicted octanol–water partition coefficient (Wildman–Crippen LogP) is 14.9. The normalized spacial score (nSPS) is 12.9. The second-order valence-corrected chi connectivity index (χ2v) is 27.1. The quantitative estimate of drug-likeness (QED) is 0.0998. The molecule has 5 heteroatoms. The highest BCUT2D eigenvalue weighted by atomic mass is 28.3. The lowest BCUT2D eigenvalue weighted by molar-refractivity contribution is 0.590. The van der Waals surface area contributed by atoms with Crippen molar-refractivity contribution in [3.8, 4) is 11.1 Å². The summed E-state index contributed by atoms with van der Waals surface area (Å²) >= 11 is 0. The Morgan fingerprint density at radius 1 is 0.329 bits per heavy atom. The van der Waals surface area contributed by atoms with Crippen LogP contribution in [-0.4, -0.2) is 14.8 Å². The first-order chi connectivity index (χ1) is 38.5. The maximum absolute atomic E-state index is 3.01. The number of anilines is 9. The predicted molar refractivity (Wildman–Crippen MR) is 342 cm³/mol. The van der Waals surface area contributed by atoms with Crippen molar-refractivity contribution in [1.82, 2.24) is 0 Å². The van der Waals surface area contributed by atoms with Gasteiger partial charge in [-0.15, -0.1) is 0 Å². The van der Waals surface area contributed by atoms with E-state index in [2.05, 4.69) is 335 Å². The van der Waals surface area contributed by atoms with E-state index in [1.165, 1.54) is 70.8 Å². The van der Waals surface area contributed by atoms with E-state index < -0.39 is 8.07 Å². The van der Waals surface area contributed by atoms with Crippen LogP contribution in [0.25, 0.3) is 11.1 Å². The molecule has 0 aliphatic carbocycles. The van der Waals surface area contributed by atoms with Gasteiger partial charge in [0.25, 0.3) is 6.71 Å². The molecule has 2 aliphatic rings. The molecule has 0 saturated carbocycles. The van der Waals surface area contributed by atoms with E-state index >= 15 is 0 Å². The summed E-state index contributed by atoms with van der Waals surface area (Å²) in [5.74, 6) is 0. The minimum absolute atomic E-state index is 0.0121. The Balaban J connectivity index is 1.20. The molecule has 13 rings (SSSR count). The van der Waals surface area contributed by atoms with Crippen LogP contribution in [0.5, 0.6) is 0 Å². The van der Waals surface area contributed by atoms with E-state index in [9.17, 15) is 0 Å². The van der Waals surface area contributed by atoms with Crippen molar-refractivity contribution in [2.24, 2.45) is 0 Å². The number of nitrogens with zero attached hydrogens (tertiary/aromatic N) is 3. The topological polar surface area (TPSA) is 9.72 Å². The Hall–Kier alpha value is -8.90. The third-order valence-electron chi connectivity index (χ3n) is 16.5. The second-order valence-electron chi connectivity index (χ2n) is 23.3. The van der Waals surface area contributed by atoms with E-state index in [0.717, 1.165) is 39.8 Å². The fraction of sp³-hybridized carbons (Fsp3) is 0.108. The zero-order chi connectivity index (χ0) is 53.9. The molecule has 2 heterocycles. The van der Waals surface area contributed by atoms with Gasteiger partial charge in [-0.2, -0.15) is 0 Å². The fourth-order valence-corrected chi connectivity index (χ4v) is 17.4. The standard InChI is InChI=1S/C74H64BN3Si/c1-73(2,3)54-41-44-58(45-42-54)77-68-47-43-55(74(4,5)6)49-65(68)75-66-52-63(79(60-33-19-10-20-34-60,61-35-21-11-22-36-61)62-37-23-12-24-38-62)46-48-69(66)78(67-40-26-25-39-64(67)53-27-13-7-14-28-53)71-51-59(50-70(77)72(71)75)76(56-29-15-8-16-30-56)57-31-17-9-18-32-57/h7-52H,1-6H3. The summed E-state index contributed by atoms with van der Waals surface area (Å²) in [6.45, 7) is 13.8. The Bertz CT molecular complexity index is 3830. The smallest absolute Gasteiger partial charge is 0.252 e. The van der Waals surface area contributed by atoms with E-state index in [4.69, 9.17) is 0 Å². The van der Waals surface area contributed by atoms with E-state index in [-0.39, 0.29) is 17.5 Å². The first-order valence-electron chi connectivity index (χ1n) is 27.9. The highest BCUT2D eigenvalue weighted by Gasteiger charge is 2.47. The molecule has 2 aliphatic heterocycles. The van der Waals surface area contributed by atoms with E-state index in [1.807, 2.05) is 0 Å². The molecule has 0 saturated heterocycles. The summed E-state index contributed by atoms with van der Waals surface area (Å²) in [4.78, 5) is 7.63. The number of benzene rings is 11. The Morgan fingerprint density at radius 3 is 1.29 bits per heavy atom. The van der Waals surface area contributed by atoms with Crippen molar-refractivity contribution in [1.29, 1.82) is 0 Å². The maximum atomic E-state index is 2.65. The molecule has 11 aromatic rings. The number of rotatable bonds is 10. The third kappa shape index (κ3) is 8.61. The van der Waals surface area contributed by atoms with Crippen molar-refractivity contribution < 1.29 is 0 Å². The lowest BCUT2D eigenvalue weighted by Gasteiger charge is -2.46. The average molecular weight is 1030 g/mol. The summed E-state index contributed by atoms with van der Waals surface area (Å²) in [6.07, 6.45) is 0. The van der Waals surface area contributed by atoms with Gasteiger partial charge >= 0.3 is 0 Å². The first kappa shape index (κ1) is 49.7. The van der Waals surface area contributed by atoms with Gasteiger partial charge in [0.1, 0.15) is 0 Å². The van der Waals surface area contributed by atoms with Crippen LogP contribution in [0.2, 0.25) is 0 Å². The summed E-state index contributed by atoms with van der Waals surface area (Å²) in [6, 6.07) is 105. The number of hydrogen-bond acceptors (Lipinski definition) is 3. The van der Waals surface area contributed by atoms with Gasteiger partial charge in [0, 0.05) is 45.4 Å². The molecule has 0 N–H and O–H groups in total. The molecule has 0 aromatic heterocycles. The third-order valence-corrected chi connectivity index (χ3v) is 21.3. The lowest BCUT2D eigenvalue weighted by atomic mass is 9.33. The second kappa shape index (κ2) is 19.8. The number of para-hydroxylation sites is 3. The molecule has 0 fully saturated rings. The zero-order valence-electron chi connectivity index (χ0n) is 46.0. The van der Waals surface area contributed by atoms with Crippen LogP contribution >= 0.6 is 0 Å². The Morgan fingerprint density at radius 2 is 0.759 bits per heavy atom. The summed E-state index contributed by atoms with van der Waals surface area (Å²) in [7, 11) is -3.01. The van der Waals surface area contributed by atoms with Crippen molar-refractivity contribution in [2.75, 3.05) is 14.7 Å². The van der Waals surface area contributed by atoms with E-state index in [1.54, 1.807) is 0 Å². The highest BCUT2D eigenvalue weighted by Crippen LogP contribution is 2.50. The fourth-order valence-electron chi connectivity index (χ4n) is 12.7. The van der Waals surface area contributed by atoms with Crippen LogP contribution in [-0.2, 0) is 10.8 Å². The largest absolute Gasteiger partial charge is 0.311 e. The number of fused-ring (bicyclic) bond motifs is 4. The van der Waals surface area contributed by atoms with Crippen molar-refractivity contribution in [2.45, 2.75) is 52.4 Å². The zero-order valence-corrected chi connectivity index (χ0v) is 47.0. The van der Waals surface area contributed by atoms with E-state index in [0.29, 0.717) is 0 Å². The lowest BCUT2D eigenvalue weighted by Crippen LogP contribution is -2.75. The molecule has 0 bridgehead atoms. The van der Waals surface area contributed by atoms with Gasteiger partial charge in [-0.1, -0.05) is 254 Å². The number of hydrogen-bond donors (Lipinski definition) is 0. The highest BCUT2D eigenvalue weighted by molar-refractivity contribution is 7.20. The minimum Gasteiger partial charge on any atom is -0.311 e. The summed E-state index contributed by atoms with van der Waals surface area (Å²) < 4.78 is 0. The molecule has 0 atom stereocenters. The van der Waals surface area contributed by atoms with Crippen LogP contribution in [0.15, 0.2) is 279 Å². The van der Waals surface area contributed by atoms with Gasteiger partial charge in [0.05, 0.1) is 11.4 Å². The van der Waals surface area contributed by atoms with Gasteiger partial charge in [-0.25, -0.2) is 0 Å². The monoisotopic (exact) mass is 1030 g/mol. The first-order valence-corrected chi connectivity index (χ1v) is 29.9. The van der Waals surface area contributed by atoms with Gasteiger partial charge in [-0.05, 0) is 131 Å². The molecule has 0 unspecified atom stereocenters. The molecule has 79 heavy (non-hydrogen) atoms. The molecule has 0 radical (unpaired) electrons. The van der Waals surface area contributed by atoms with Crippen LogP contribution in [0.4, 0.5) is 51.2 Å². The van der Waals surface area contributed by atoms with Crippen LogP contribution in [0.1, 0.15) is 52.7 Å². The Labute approximate surface area is 468 Å². The molecule has 11 aromatic carbocycles. The molecule has 3 nitrogen and oxygen atoms in total. The van der Waals surface area contributed by atoms with Crippen LogP contribution < -0.4 is 51.8 Å². The molecular weight excluding hydrogens is 970 g/mol. The minimum atomic E-state index is -3.01. The average Bonchev–Trinajstić information content (AvgIpc) is 3.33. The van der Waals surface area contributed by atoms with Crippen LogP contribution in [0, 0.1) is 0 Å². The maximum Gasteiger partial charge on any atom is 0.252 e. The Kier molecular flexibility index (Phi) is 12.5. The summed E-state index contributed by atoms with van der Waals surface area (Å²) in [5, 5.41) is 5.41. The molecule has 0 amide bonds. The van der Waals surface area contributed by atoms with Crippen molar-refractivity contribution >= 4 is 103 Å². The van der Waals surface area contributed by atoms with Crippen molar-refractivity contribution in [3.63, 3.8) is 0 Å². The molecule has 0 spiro atoms.